The fourth-order valence-corrected chi connectivity index (χ4v) is 3.46. The summed E-state index contributed by atoms with van der Waals surface area (Å²) in [6, 6.07) is 2.21. The van der Waals surface area contributed by atoms with E-state index in [1.165, 1.54) is 24.1 Å². The van der Waals surface area contributed by atoms with Gasteiger partial charge in [-0.25, -0.2) is 0 Å². The van der Waals surface area contributed by atoms with E-state index in [0.717, 1.165) is 29.6 Å². The molecule has 0 amide bonds. The molecule has 0 saturated heterocycles. The Labute approximate surface area is 124 Å². The van der Waals surface area contributed by atoms with Gasteiger partial charge in [-0.1, -0.05) is 12.2 Å². The highest BCUT2D eigenvalue weighted by molar-refractivity contribution is 7.72. The van der Waals surface area contributed by atoms with E-state index in [2.05, 4.69) is 31.2 Å². The van der Waals surface area contributed by atoms with Crippen LogP contribution in [0.2, 0.25) is 0 Å². The maximum Gasteiger partial charge on any atom is 0.177 e. The molecule has 1 aliphatic rings. The van der Waals surface area contributed by atoms with Crippen molar-refractivity contribution < 1.29 is 0 Å². The van der Waals surface area contributed by atoms with Gasteiger partial charge in [-0.3, -0.25) is 5.10 Å². The molecule has 0 aromatic carbocycles. The van der Waals surface area contributed by atoms with Crippen molar-refractivity contribution in [3.8, 4) is 11.4 Å². The normalized spacial score (nSPS) is 14.6. The van der Waals surface area contributed by atoms with Crippen LogP contribution in [-0.2, 0) is 12.8 Å². The van der Waals surface area contributed by atoms with Crippen LogP contribution in [-0.4, -0.2) is 25.1 Å². The Bertz CT molecular complexity index is 887. The molecule has 0 unspecified atom stereocenters. The van der Waals surface area contributed by atoms with Gasteiger partial charge < -0.3 is 15.0 Å². The van der Waals surface area contributed by atoms with Crippen LogP contribution in [0.25, 0.3) is 22.4 Å². The molecule has 0 saturated carbocycles. The first-order valence-electron chi connectivity index (χ1n) is 6.64. The average Bonchev–Trinajstić information content (AvgIpc) is 3.00. The minimum Gasteiger partial charge on any atom is -0.357 e. The summed E-state index contributed by atoms with van der Waals surface area (Å²) in [5, 5.41) is 8.21. The van der Waals surface area contributed by atoms with Crippen molar-refractivity contribution >= 4 is 35.5 Å². The summed E-state index contributed by atoms with van der Waals surface area (Å²) < 4.78 is 1.10. The van der Waals surface area contributed by atoms with Gasteiger partial charge in [0.1, 0.15) is 4.64 Å². The largest absolute Gasteiger partial charge is 0.357 e. The van der Waals surface area contributed by atoms with Gasteiger partial charge in [-0.2, -0.15) is 5.10 Å². The van der Waals surface area contributed by atoms with Gasteiger partial charge in [0.25, 0.3) is 0 Å². The van der Waals surface area contributed by atoms with Gasteiger partial charge in [0.2, 0.25) is 0 Å². The first-order valence-corrected chi connectivity index (χ1v) is 7.46. The fraction of sp³-hybridized carbons (Fsp3) is 0.308. The second kappa shape index (κ2) is 4.39. The van der Waals surface area contributed by atoms with Crippen LogP contribution in [0.5, 0.6) is 0 Å². The highest BCUT2D eigenvalue weighted by Gasteiger charge is 2.17. The molecule has 5 nitrogen and oxygen atoms in total. The zero-order valence-corrected chi connectivity index (χ0v) is 12.3. The maximum absolute atomic E-state index is 5.38. The molecule has 0 fully saturated rings. The monoisotopic (exact) mass is 303 g/mol. The molecule has 0 spiro atoms. The Hall–Kier alpha value is -1.73. The van der Waals surface area contributed by atoms with Crippen molar-refractivity contribution in [1.29, 1.82) is 0 Å². The number of nitrogens with zero attached hydrogens (tertiary/aromatic N) is 1. The summed E-state index contributed by atoms with van der Waals surface area (Å²) in [5.74, 6) is 0. The molecule has 0 bridgehead atoms. The zero-order chi connectivity index (χ0) is 13.7. The highest BCUT2D eigenvalue weighted by Crippen LogP contribution is 2.30. The van der Waals surface area contributed by atoms with E-state index in [4.69, 9.17) is 24.4 Å². The quantitative estimate of drug-likeness (QED) is 0.519. The number of H-pyrrole nitrogens is 4. The van der Waals surface area contributed by atoms with Crippen LogP contribution in [0.1, 0.15) is 24.1 Å². The van der Waals surface area contributed by atoms with E-state index in [0.29, 0.717) is 15.1 Å². The molecular formula is C13H13N5S2. The van der Waals surface area contributed by atoms with Gasteiger partial charge in [-0.05, 0) is 49.5 Å². The van der Waals surface area contributed by atoms with Crippen molar-refractivity contribution in [2.45, 2.75) is 25.7 Å². The lowest BCUT2D eigenvalue weighted by molar-refractivity contribution is 0.677. The predicted octanol–water partition coefficient (Wildman–Crippen LogP) is 3.55. The van der Waals surface area contributed by atoms with Crippen LogP contribution >= 0.6 is 24.4 Å². The van der Waals surface area contributed by atoms with Crippen molar-refractivity contribution in [2.75, 3.05) is 0 Å². The third kappa shape index (κ3) is 1.77. The molecule has 3 heterocycles. The second-order valence-corrected chi connectivity index (χ2v) is 5.94. The van der Waals surface area contributed by atoms with Gasteiger partial charge >= 0.3 is 0 Å². The molecule has 20 heavy (non-hydrogen) atoms. The lowest BCUT2D eigenvalue weighted by Gasteiger charge is -2.08. The summed E-state index contributed by atoms with van der Waals surface area (Å²) in [5.41, 5.74) is 5.41. The van der Waals surface area contributed by atoms with Gasteiger partial charge in [0.15, 0.2) is 10.4 Å². The minimum atomic E-state index is 0.492. The summed E-state index contributed by atoms with van der Waals surface area (Å²) in [6.07, 6.45) is 4.79. The van der Waals surface area contributed by atoms with Crippen LogP contribution in [0.3, 0.4) is 0 Å². The molecule has 102 valence electrons. The number of aromatic nitrogens is 5. The average molecular weight is 303 g/mol. The molecule has 4 rings (SSSR count). The fourth-order valence-electron chi connectivity index (χ4n) is 2.89. The molecule has 1 aliphatic carbocycles. The van der Waals surface area contributed by atoms with Gasteiger partial charge in [-0.15, -0.1) is 0 Å². The van der Waals surface area contributed by atoms with E-state index in [9.17, 15) is 0 Å². The molecular weight excluding hydrogens is 290 g/mol. The van der Waals surface area contributed by atoms with Crippen LogP contribution in [0.15, 0.2) is 6.07 Å². The number of hydrogen-bond acceptors (Lipinski definition) is 3. The summed E-state index contributed by atoms with van der Waals surface area (Å²) in [4.78, 5) is 9.49. The minimum absolute atomic E-state index is 0.492. The van der Waals surface area contributed by atoms with Crippen molar-refractivity contribution in [3.63, 3.8) is 0 Å². The first kappa shape index (κ1) is 12.0. The lowest BCUT2D eigenvalue weighted by Crippen LogP contribution is -1.99. The van der Waals surface area contributed by atoms with Crippen molar-refractivity contribution in [2.24, 2.45) is 0 Å². The lowest BCUT2D eigenvalue weighted by atomic mass is 9.98. The summed E-state index contributed by atoms with van der Waals surface area (Å²) in [7, 11) is 0. The number of nitrogens with one attached hydrogen (secondary N) is 4. The van der Waals surface area contributed by atoms with Crippen LogP contribution in [0.4, 0.5) is 0 Å². The third-order valence-corrected chi connectivity index (χ3v) is 4.35. The van der Waals surface area contributed by atoms with E-state index in [1.54, 1.807) is 0 Å². The predicted molar refractivity (Wildman–Crippen MR) is 82.9 cm³/mol. The maximum atomic E-state index is 5.38. The Morgan fingerprint density at radius 2 is 1.90 bits per heavy atom. The van der Waals surface area contributed by atoms with E-state index in [1.807, 2.05) is 0 Å². The number of fused-ring (bicyclic) bond motifs is 2. The standard InChI is InChI=1S/C13H13N5S2/c19-12-9-10(17-18-11(9)15-13(20)16-12)8-5-6-3-1-2-4-7(6)14-8/h5,14H,1-4H2,(H3,15,16,17,18,19,20). The molecule has 7 heteroatoms. The van der Waals surface area contributed by atoms with Crippen molar-refractivity contribution in [3.05, 3.63) is 26.7 Å². The van der Waals surface area contributed by atoms with E-state index in [-0.39, 0.29) is 0 Å². The van der Waals surface area contributed by atoms with Crippen LogP contribution in [0, 0.1) is 9.41 Å². The Morgan fingerprint density at radius 3 is 2.75 bits per heavy atom. The Balaban J connectivity index is 1.96. The number of hydrogen-bond donors (Lipinski definition) is 4. The zero-order valence-electron chi connectivity index (χ0n) is 10.7. The number of rotatable bonds is 1. The third-order valence-electron chi connectivity index (χ3n) is 3.84. The van der Waals surface area contributed by atoms with Gasteiger partial charge in [0, 0.05) is 5.69 Å². The van der Waals surface area contributed by atoms with E-state index < -0.39 is 0 Å². The smallest absolute Gasteiger partial charge is 0.177 e. The summed E-state index contributed by atoms with van der Waals surface area (Å²) >= 11 is 10.5. The van der Waals surface area contributed by atoms with Crippen LogP contribution < -0.4 is 0 Å². The van der Waals surface area contributed by atoms with E-state index >= 15 is 0 Å². The molecule has 0 aliphatic heterocycles. The van der Waals surface area contributed by atoms with Gasteiger partial charge in [0.05, 0.1) is 16.8 Å². The highest BCUT2D eigenvalue weighted by atomic mass is 32.1. The molecule has 4 N–H and O–H groups in total. The topological polar surface area (TPSA) is 76.0 Å². The number of aromatic amines is 4. The number of aryl methyl sites for hydroxylation is 2. The Morgan fingerprint density at radius 1 is 1.05 bits per heavy atom. The molecule has 0 atom stereocenters. The molecule has 3 aromatic heterocycles. The van der Waals surface area contributed by atoms with Crippen molar-refractivity contribution in [1.82, 2.24) is 25.1 Å². The first-order chi connectivity index (χ1) is 9.72. The SMILES string of the molecule is S=c1[nH]c(=S)c2c(-c3cc4c([nH]3)CCCC4)[nH]nc2[nH]1. The molecule has 3 aromatic rings. The Kier molecular flexibility index (Phi) is 2.64. The second-order valence-electron chi connectivity index (χ2n) is 5.12. The molecule has 0 radical (unpaired) electrons. The summed E-state index contributed by atoms with van der Waals surface area (Å²) in [6.45, 7) is 0.